The van der Waals surface area contributed by atoms with E-state index in [4.69, 9.17) is 11.6 Å². The minimum absolute atomic E-state index is 0.0140. The summed E-state index contributed by atoms with van der Waals surface area (Å²) in [5.74, 6) is -0.184. The van der Waals surface area contributed by atoms with Crippen LogP contribution in [0.2, 0.25) is 5.02 Å². The predicted octanol–water partition coefficient (Wildman–Crippen LogP) is 2.18. The molecule has 0 aliphatic carbocycles. The van der Waals surface area contributed by atoms with Gasteiger partial charge in [0.25, 0.3) is 5.56 Å². The zero-order valence-corrected chi connectivity index (χ0v) is 11.4. The average Bonchev–Trinajstić information content (AvgIpc) is 2.41. The molecule has 0 aliphatic heterocycles. The summed E-state index contributed by atoms with van der Waals surface area (Å²) in [6, 6.07) is 8.99. The maximum Gasteiger partial charge on any atom is 0.270 e. The lowest BCUT2D eigenvalue weighted by Crippen LogP contribution is -2.33. The van der Waals surface area contributed by atoms with Gasteiger partial charge in [-0.25, -0.2) is 0 Å². The second-order valence-electron chi connectivity index (χ2n) is 4.29. The van der Waals surface area contributed by atoms with E-state index in [-0.39, 0.29) is 23.0 Å². The van der Waals surface area contributed by atoms with Gasteiger partial charge in [-0.05, 0) is 23.9 Å². The average molecular weight is 279 g/mol. The van der Waals surface area contributed by atoms with E-state index in [0.717, 1.165) is 11.8 Å². The largest absolute Gasteiger partial charge is 0.355 e. The van der Waals surface area contributed by atoms with Crippen LogP contribution in [-0.2, 0) is 11.3 Å². The number of aromatic nitrogens is 1. The Balaban J connectivity index is 2.43. The quantitative estimate of drug-likeness (QED) is 0.932. The van der Waals surface area contributed by atoms with Crippen LogP contribution in [0.15, 0.2) is 35.1 Å². The van der Waals surface area contributed by atoms with Crippen molar-refractivity contribution in [3.8, 4) is 0 Å². The van der Waals surface area contributed by atoms with Crippen molar-refractivity contribution in [1.82, 2.24) is 9.88 Å². The number of para-hydroxylation sites is 1. The van der Waals surface area contributed by atoms with E-state index in [1.807, 2.05) is 25.1 Å². The van der Waals surface area contributed by atoms with Crippen molar-refractivity contribution in [2.24, 2.45) is 0 Å². The molecule has 1 heterocycles. The van der Waals surface area contributed by atoms with Crippen LogP contribution in [0.5, 0.6) is 0 Å². The summed E-state index contributed by atoms with van der Waals surface area (Å²) < 4.78 is 1.41. The van der Waals surface area contributed by atoms with Gasteiger partial charge in [-0.3, -0.25) is 14.2 Å². The van der Waals surface area contributed by atoms with E-state index in [9.17, 15) is 9.59 Å². The van der Waals surface area contributed by atoms with Crippen molar-refractivity contribution < 1.29 is 4.79 Å². The van der Waals surface area contributed by atoms with Crippen LogP contribution in [0.25, 0.3) is 10.9 Å². The molecule has 5 heteroatoms. The van der Waals surface area contributed by atoms with Gasteiger partial charge < -0.3 is 5.32 Å². The number of benzene rings is 1. The molecular formula is C14H15ClN2O2. The normalized spacial score (nSPS) is 10.6. The SMILES string of the molecule is CCCNC(=O)Cn1c(=O)c(Cl)cc2ccccc21. The van der Waals surface area contributed by atoms with Crippen LogP contribution in [0.4, 0.5) is 0 Å². The van der Waals surface area contributed by atoms with Crippen LogP contribution >= 0.6 is 11.6 Å². The molecule has 1 N–H and O–H groups in total. The molecule has 4 nitrogen and oxygen atoms in total. The molecule has 1 aromatic heterocycles. The Kier molecular flexibility index (Phi) is 4.22. The number of hydrogen-bond donors (Lipinski definition) is 1. The minimum atomic E-state index is -0.341. The maximum atomic E-state index is 12.0. The van der Waals surface area contributed by atoms with E-state index in [0.29, 0.717) is 12.1 Å². The highest BCUT2D eigenvalue weighted by atomic mass is 35.5. The molecule has 0 saturated heterocycles. The van der Waals surface area contributed by atoms with Crippen molar-refractivity contribution in [3.05, 3.63) is 45.7 Å². The van der Waals surface area contributed by atoms with Crippen LogP contribution in [0.1, 0.15) is 13.3 Å². The molecule has 0 saturated carbocycles. The Morgan fingerprint density at radius 1 is 1.37 bits per heavy atom. The molecule has 0 unspecified atom stereocenters. The lowest BCUT2D eigenvalue weighted by atomic mass is 10.2. The van der Waals surface area contributed by atoms with E-state index >= 15 is 0 Å². The van der Waals surface area contributed by atoms with Crippen molar-refractivity contribution in [1.29, 1.82) is 0 Å². The topological polar surface area (TPSA) is 51.1 Å². The summed E-state index contributed by atoms with van der Waals surface area (Å²) in [5.41, 5.74) is 0.371. The smallest absolute Gasteiger partial charge is 0.270 e. The molecule has 0 bridgehead atoms. The zero-order chi connectivity index (χ0) is 13.8. The maximum absolute atomic E-state index is 12.0. The van der Waals surface area contributed by atoms with Gasteiger partial charge in [0.05, 0.1) is 5.52 Å². The van der Waals surface area contributed by atoms with E-state index in [2.05, 4.69) is 5.32 Å². The summed E-state index contributed by atoms with van der Waals surface area (Å²) in [6.45, 7) is 2.56. The molecule has 0 aliphatic rings. The van der Waals surface area contributed by atoms with E-state index in [1.54, 1.807) is 12.1 Å². The number of nitrogens with one attached hydrogen (secondary N) is 1. The van der Waals surface area contributed by atoms with Gasteiger partial charge in [0.2, 0.25) is 5.91 Å². The molecule has 100 valence electrons. The third-order valence-corrected chi connectivity index (χ3v) is 3.10. The molecule has 1 amide bonds. The third-order valence-electron chi connectivity index (χ3n) is 2.83. The third kappa shape index (κ3) is 2.96. The number of hydrogen-bond acceptors (Lipinski definition) is 2. The molecule has 0 fully saturated rings. The number of carbonyl (C=O) groups is 1. The molecule has 0 radical (unpaired) electrons. The minimum Gasteiger partial charge on any atom is -0.355 e. The monoisotopic (exact) mass is 278 g/mol. The van der Waals surface area contributed by atoms with Gasteiger partial charge in [0, 0.05) is 6.54 Å². The van der Waals surface area contributed by atoms with E-state index in [1.165, 1.54) is 4.57 Å². The van der Waals surface area contributed by atoms with Crippen molar-refractivity contribution in [3.63, 3.8) is 0 Å². The van der Waals surface area contributed by atoms with Gasteiger partial charge in [-0.1, -0.05) is 36.7 Å². The number of fused-ring (bicyclic) bond motifs is 1. The Bertz CT molecular complexity index is 664. The van der Waals surface area contributed by atoms with E-state index < -0.39 is 0 Å². The summed E-state index contributed by atoms with van der Waals surface area (Å²) in [6.07, 6.45) is 0.858. The summed E-state index contributed by atoms with van der Waals surface area (Å²) in [4.78, 5) is 23.8. The molecule has 2 aromatic rings. The highest BCUT2D eigenvalue weighted by Gasteiger charge is 2.10. The van der Waals surface area contributed by atoms with Gasteiger partial charge in [-0.15, -0.1) is 0 Å². The van der Waals surface area contributed by atoms with Crippen molar-refractivity contribution >= 4 is 28.4 Å². The first-order valence-electron chi connectivity index (χ1n) is 6.18. The number of nitrogens with zero attached hydrogens (tertiary/aromatic N) is 1. The van der Waals surface area contributed by atoms with Gasteiger partial charge in [0.1, 0.15) is 11.6 Å². The lowest BCUT2D eigenvalue weighted by molar-refractivity contribution is -0.121. The molecular weight excluding hydrogens is 264 g/mol. The molecule has 1 aromatic carbocycles. The van der Waals surface area contributed by atoms with Gasteiger partial charge in [0.15, 0.2) is 0 Å². The Morgan fingerprint density at radius 2 is 2.11 bits per heavy atom. The number of rotatable bonds is 4. The predicted molar refractivity (Wildman–Crippen MR) is 76.5 cm³/mol. The van der Waals surface area contributed by atoms with Crippen LogP contribution in [0, 0.1) is 0 Å². The Labute approximate surface area is 116 Å². The molecule has 19 heavy (non-hydrogen) atoms. The number of carbonyl (C=O) groups excluding carboxylic acids is 1. The number of halogens is 1. The fourth-order valence-corrected chi connectivity index (χ4v) is 2.13. The first kappa shape index (κ1) is 13.6. The number of amides is 1. The highest BCUT2D eigenvalue weighted by Crippen LogP contribution is 2.15. The second kappa shape index (κ2) is 5.89. The summed E-state index contributed by atoms with van der Waals surface area (Å²) in [7, 11) is 0. The molecule has 0 atom stereocenters. The van der Waals surface area contributed by atoms with Crippen molar-refractivity contribution in [2.45, 2.75) is 19.9 Å². The van der Waals surface area contributed by atoms with Gasteiger partial charge >= 0.3 is 0 Å². The van der Waals surface area contributed by atoms with Gasteiger partial charge in [-0.2, -0.15) is 0 Å². The first-order valence-corrected chi connectivity index (χ1v) is 6.56. The molecule has 0 spiro atoms. The van der Waals surface area contributed by atoms with Crippen LogP contribution in [-0.4, -0.2) is 17.0 Å². The Morgan fingerprint density at radius 3 is 2.84 bits per heavy atom. The summed E-state index contributed by atoms with van der Waals surface area (Å²) >= 11 is 5.92. The fourth-order valence-electron chi connectivity index (χ4n) is 1.91. The lowest BCUT2D eigenvalue weighted by Gasteiger charge is -2.11. The summed E-state index contributed by atoms with van der Waals surface area (Å²) in [5, 5.41) is 3.72. The zero-order valence-electron chi connectivity index (χ0n) is 10.6. The number of pyridine rings is 1. The molecule has 2 rings (SSSR count). The first-order chi connectivity index (χ1) is 9.13. The second-order valence-corrected chi connectivity index (χ2v) is 4.70. The van der Waals surface area contributed by atoms with Crippen LogP contribution in [0.3, 0.4) is 0 Å². The fraction of sp³-hybridized carbons (Fsp3) is 0.286. The standard InChI is InChI=1S/C14H15ClN2O2/c1-2-7-16-13(18)9-17-12-6-4-3-5-10(12)8-11(15)14(17)19/h3-6,8H,2,7,9H2,1H3,(H,16,18). The van der Waals surface area contributed by atoms with Crippen LogP contribution < -0.4 is 10.9 Å². The Hall–Kier alpha value is -1.81. The highest BCUT2D eigenvalue weighted by molar-refractivity contribution is 6.31. The van der Waals surface area contributed by atoms with Crippen molar-refractivity contribution in [2.75, 3.05) is 6.54 Å².